The predicted molar refractivity (Wildman–Crippen MR) is 198 cm³/mol. The van der Waals surface area contributed by atoms with Crippen molar-refractivity contribution in [3.05, 3.63) is 0 Å². The van der Waals surface area contributed by atoms with Crippen LogP contribution in [0.5, 0.6) is 0 Å². The molecule has 0 aromatic carbocycles. The molecule has 0 bridgehead atoms. The van der Waals surface area contributed by atoms with E-state index in [1.165, 1.54) is 13.8 Å². The quantitative estimate of drug-likeness (QED) is 0.0663. The Morgan fingerprint density at radius 2 is 1.50 bits per heavy atom. The van der Waals surface area contributed by atoms with Crippen LogP contribution in [0, 0.1) is 17.8 Å². The number of aliphatic hydroxyl groups excluding tert-OH is 5. The summed E-state index contributed by atoms with van der Waals surface area (Å²) in [6, 6.07) is -1.34. The summed E-state index contributed by atoms with van der Waals surface area (Å²) in [6.07, 6.45) is -11.7. The first-order valence-corrected chi connectivity index (χ1v) is 20.4. The highest BCUT2D eigenvalue weighted by Gasteiger charge is 2.53. The van der Waals surface area contributed by atoms with Crippen LogP contribution in [-0.2, 0) is 47.7 Å². The van der Waals surface area contributed by atoms with Gasteiger partial charge in [-0.05, 0) is 38.0 Å². The molecule has 4 fully saturated rings. The van der Waals surface area contributed by atoms with Crippen molar-refractivity contribution in [3.63, 3.8) is 0 Å². The van der Waals surface area contributed by atoms with Crippen LogP contribution < -0.4 is 16.0 Å². The van der Waals surface area contributed by atoms with Crippen molar-refractivity contribution < 1.29 is 83.4 Å². The summed E-state index contributed by atoms with van der Waals surface area (Å²) in [5.74, 6) is -5.03. The fourth-order valence-corrected chi connectivity index (χ4v) is 8.42. The Bertz CT molecular complexity index is 1370. The van der Waals surface area contributed by atoms with Crippen LogP contribution in [-0.4, -0.2) is 165 Å². The lowest BCUT2D eigenvalue weighted by atomic mass is 9.75. The molecule has 4 rings (SSSR count). The highest BCUT2D eigenvalue weighted by molar-refractivity contribution is 5.81. The van der Waals surface area contributed by atoms with Crippen molar-refractivity contribution in [2.75, 3.05) is 19.7 Å². The van der Waals surface area contributed by atoms with Gasteiger partial charge in [-0.15, -0.1) is 0 Å². The van der Waals surface area contributed by atoms with Crippen LogP contribution in [0.4, 0.5) is 0 Å². The Morgan fingerprint density at radius 3 is 2.12 bits per heavy atom. The third kappa shape index (κ3) is 13.0. The maximum atomic E-state index is 13.6. The third-order valence-corrected chi connectivity index (χ3v) is 11.6. The lowest BCUT2D eigenvalue weighted by Gasteiger charge is -2.49. The first-order chi connectivity index (χ1) is 27.5. The van der Waals surface area contributed by atoms with E-state index in [0.29, 0.717) is 6.42 Å². The van der Waals surface area contributed by atoms with Gasteiger partial charge in [0.2, 0.25) is 17.7 Å². The lowest BCUT2D eigenvalue weighted by Crippen LogP contribution is -2.67. The average Bonchev–Trinajstić information content (AvgIpc) is 3.19. The summed E-state index contributed by atoms with van der Waals surface area (Å²) < 4.78 is 30.9. The zero-order chi connectivity index (χ0) is 42.7. The van der Waals surface area contributed by atoms with Gasteiger partial charge in [-0.1, -0.05) is 45.4 Å². The molecule has 2 heterocycles. The zero-order valence-electron chi connectivity index (χ0n) is 33.4. The van der Waals surface area contributed by atoms with E-state index in [1.807, 2.05) is 6.92 Å². The van der Waals surface area contributed by atoms with E-state index in [-0.39, 0.29) is 51.1 Å². The molecule has 9 unspecified atom stereocenters. The number of hydrogen-bond acceptors (Lipinski definition) is 15. The molecule has 10 N–H and O–H groups in total. The fraction of sp³-hybridized carbons (Fsp3) is 0.868. The third-order valence-electron chi connectivity index (χ3n) is 11.6. The second kappa shape index (κ2) is 22.5. The van der Waals surface area contributed by atoms with E-state index in [0.717, 1.165) is 32.1 Å². The van der Waals surface area contributed by atoms with Gasteiger partial charge < -0.3 is 75.4 Å². The minimum Gasteiger partial charge on any atom is -0.481 e. The van der Waals surface area contributed by atoms with Gasteiger partial charge in [0.25, 0.3) is 0 Å². The number of amides is 3. The number of carbonyl (C=O) groups excluding carboxylic acids is 3. The molecule has 0 radical (unpaired) electrons. The number of nitrogens with one attached hydrogen (secondary N) is 3. The van der Waals surface area contributed by atoms with Crippen molar-refractivity contribution in [1.29, 1.82) is 0 Å². The molecule has 2 saturated heterocycles. The summed E-state index contributed by atoms with van der Waals surface area (Å²) >= 11 is 0. The van der Waals surface area contributed by atoms with Gasteiger partial charge in [-0.25, -0.2) is 4.79 Å². The zero-order valence-corrected chi connectivity index (χ0v) is 33.4. The number of aliphatic carboxylic acids is 2. The van der Waals surface area contributed by atoms with Crippen molar-refractivity contribution in [3.8, 4) is 0 Å². The number of carboxylic acid groups (broad SMARTS) is 2. The van der Waals surface area contributed by atoms with Crippen LogP contribution >= 0.6 is 0 Å². The number of hydrogen-bond donors (Lipinski definition) is 10. The van der Waals surface area contributed by atoms with Crippen LogP contribution in [0.2, 0.25) is 0 Å². The first-order valence-electron chi connectivity index (χ1n) is 20.4. The van der Waals surface area contributed by atoms with Crippen LogP contribution in [0.25, 0.3) is 0 Å². The molecule has 2 saturated carbocycles. The predicted octanol–water partition coefficient (Wildman–Crippen LogP) is -1.49. The Labute approximate surface area is 337 Å². The molecule has 2 aliphatic carbocycles. The van der Waals surface area contributed by atoms with Gasteiger partial charge in [0.15, 0.2) is 18.7 Å². The van der Waals surface area contributed by atoms with Crippen molar-refractivity contribution in [2.45, 2.75) is 171 Å². The number of ether oxygens (including phenoxy) is 5. The molecule has 2 aliphatic heterocycles. The molecule has 0 aromatic heterocycles. The number of carboxylic acids is 2. The SMILES string of the molecule is CCC1CC(C(=O)NCCNC(=O)CCC(=O)O)C[C@@H](O[C@@H]2OC(CO)[C@H](O)C(O[C@@H](CC3CCCCC3)C(=O)O)C2NC(C)=O)C1O[C@@H]1OC(C)[C@@H](O)C(O)C1O. The summed E-state index contributed by atoms with van der Waals surface area (Å²) in [5, 5.41) is 80.5. The molecule has 20 nitrogen and oxygen atoms in total. The van der Waals surface area contributed by atoms with Crippen LogP contribution in [0.15, 0.2) is 0 Å². The second-order valence-electron chi connectivity index (χ2n) is 15.9. The minimum absolute atomic E-state index is 0.0215. The molecule has 0 aromatic rings. The van der Waals surface area contributed by atoms with Crippen molar-refractivity contribution >= 4 is 29.7 Å². The molecule has 4 aliphatic rings. The van der Waals surface area contributed by atoms with Crippen LogP contribution in [0.1, 0.15) is 91.4 Å². The number of rotatable bonds is 19. The summed E-state index contributed by atoms with van der Waals surface area (Å²) in [5.41, 5.74) is 0. The van der Waals surface area contributed by atoms with E-state index in [2.05, 4.69) is 16.0 Å². The largest absolute Gasteiger partial charge is 0.481 e. The Morgan fingerprint density at radius 1 is 0.810 bits per heavy atom. The van der Waals surface area contributed by atoms with E-state index in [9.17, 15) is 54.6 Å². The highest BCUT2D eigenvalue weighted by Crippen LogP contribution is 2.40. The maximum Gasteiger partial charge on any atom is 0.332 e. The molecule has 332 valence electrons. The minimum atomic E-state index is -1.68. The molecular weight excluding hydrogens is 770 g/mol. The fourth-order valence-electron chi connectivity index (χ4n) is 8.42. The van der Waals surface area contributed by atoms with Crippen LogP contribution in [0.3, 0.4) is 0 Å². The number of aliphatic hydroxyl groups is 5. The van der Waals surface area contributed by atoms with Gasteiger partial charge in [-0.3, -0.25) is 19.2 Å². The monoisotopic (exact) mass is 833 g/mol. The number of carbonyl (C=O) groups is 5. The normalized spacial score (nSPS) is 36.3. The maximum absolute atomic E-state index is 13.6. The van der Waals surface area contributed by atoms with Crippen molar-refractivity contribution in [2.24, 2.45) is 17.8 Å². The topological polar surface area (TPSA) is 309 Å². The van der Waals surface area contributed by atoms with Gasteiger partial charge in [0.1, 0.15) is 42.7 Å². The van der Waals surface area contributed by atoms with Crippen molar-refractivity contribution in [1.82, 2.24) is 16.0 Å². The Balaban J connectivity index is 1.61. The van der Waals surface area contributed by atoms with Gasteiger partial charge in [-0.2, -0.15) is 0 Å². The van der Waals surface area contributed by atoms with Gasteiger partial charge in [0.05, 0.1) is 31.3 Å². The smallest absolute Gasteiger partial charge is 0.332 e. The second-order valence-corrected chi connectivity index (χ2v) is 15.9. The average molecular weight is 834 g/mol. The van der Waals surface area contributed by atoms with Gasteiger partial charge in [0, 0.05) is 32.4 Å². The molecule has 58 heavy (non-hydrogen) atoms. The molecule has 15 atom stereocenters. The van der Waals surface area contributed by atoms with E-state index in [4.69, 9.17) is 28.8 Å². The molecule has 3 amide bonds. The molecular formula is C38H63N3O17. The first kappa shape index (κ1) is 47.6. The lowest BCUT2D eigenvalue weighted by molar-refractivity contribution is -0.338. The molecule has 0 spiro atoms. The van der Waals surface area contributed by atoms with E-state index >= 15 is 0 Å². The highest BCUT2D eigenvalue weighted by atomic mass is 16.7. The van der Waals surface area contributed by atoms with Gasteiger partial charge >= 0.3 is 11.9 Å². The summed E-state index contributed by atoms with van der Waals surface area (Å²) in [4.78, 5) is 61.6. The van der Waals surface area contributed by atoms with E-state index in [1.54, 1.807) is 0 Å². The van der Waals surface area contributed by atoms with E-state index < -0.39 is 128 Å². The summed E-state index contributed by atoms with van der Waals surface area (Å²) in [6.45, 7) is 3.84. The Hall–Kier alpha value is -3.05. The standard InChI is InChI=1S/C38H63N3O17/c1-4-21-15-22(35(51)40-13-12-39-26(44)10-11-27(45)46)16-23(33(21)58-38-32(50)31(49)29(47)18(2)54-38)56-37-28(41-19(3)43)34(30(48)25(17-42)57-37)55-24(36(52)53)14-20-8-6-5-7-9-20/h18,20-25,28-34,37-38,42,47-50H,4-17H2,1-3H3,(H,39,44)(H,40,51)(H,41,43)(H,45,46)(H,52,53)/t18?,21?,22?,23-,24+,25?,28?,29-,30+,31?,32?,33?,34?,37-,38+/m1/s1. The summed E-state index contributed by atoms with van der Waals surface area (Å²) in [7, 11) is 0. The molecule has 20 heteroatoms. The Kier molecular flexibility index (Phi) is 18.5.